The molecule has 2 N–H and O–H groups in total. The number of methoxy groups -OCH3 is 1. The molecule has 7 nitrogen and oxygen atoms in total. The fourth-order valence-electron chi connectivity index (χ4n) is 4.10. The van der Waals surface area contributed by atoms with Gasteiger partial charge in [0, 0.05) is 28.6 Å². The highest BCUT2D eigenvalue weighted by Gasteiger charge is 2.33. The topological polar surface area (TPSA) is 85.6 Å². The van der Waals surface area contributed by atoms with Crippen LogP contribution in [0.4, 0.5) is 0 Å². The van der Waals surface area contributed by atoms with Gasteiger partial charge < -0.3 is 19.9 Å². The second kappa shape index (κ2) is 7.72. The van der Waals surface area contributed by atoms with E-state index < -0.39 is 0 Å². The fourth-order valence-corrected chi connectivity index (χ4v) is 5.22. The van der Waals surface area contributed by atoms with Gasteiger partial charge in [0.05, 0.1) is 29.1 Å². The van der Waals surface area contributed by atoms with Gasteiger partial charge in [0.25, 0.3) is 5.91 Å². The van der Waals surface area contributed by atoms with Crippen molar-refractivity contribution in [2.24, 2.45) is 0 Å². The number of halogens is 1. The Hall–Kier alpha value is -2.36. The predicted molar refractivity (Wildman–Crippen MR) is 117 cm³/mol. The summed E-state index contributed by atoms with van der Waals surface area (Å²) in [5.41, 5.74) is 3.69. The van der Waals surface area contributed by atoms with Gasteiger partial charge in [-0.05, 0) is 52.7 Å². The Morgan fingerprint density at radius 2 is 2.30 bits per heavy atom. The lowest BCUT2D eigenvalue weighted by molar-refractivity contribution is 0.0926. The molecule has 1 fully saturated rings. The molecule has 0 spiro atoms. The van der Waals surface area contributed by atoms with Crippen LogP contribution in [-0.2, 0) is 6.61 Å². The molecule has 2 aliphatic rings. The standard InChI is InChI=1S/C21H20BrN3O4S/c1-28-18-8-17-14(7-16(18)22)20-15(9-29-17)19(24-25(20)12-4-5-30-10-12)21(27)23-11-2-3-13(26)6-11/h4-5,7-8,10-11,13,26H,2-3,6,9H2,1H3,(H,23,27). The molecule has 2 aromatic heterocycles. The Kier molecular flexibility index (Phi) is 5.04. The Bertz CT molecular complexity index is 1110. The zero-order valence-electron chi connectivity index (χ0n) is 16.2. The average molecular weight is 490 g/mol. The van der Waals surface area contributed by atoms with Crippen LogP contribution in [0.1, 0.15) is 35.3 Å². The van der Waals surface area contributed by atoms with Crippen molar-refractivity contribution in [1.82, 2.24) is 15.1 Å². The summed E-state index contributed by atoms with van der Waals surface area (Å²) >= 11 is 5.12. The van der Waals surface area contributed by atoms with Gasteiger partial charge >= 0.3 is 0 Å². The van der Waals surface area contributed by atoms with E-state index in [-0.39, 0.29) is 24.7 Å². The largest absolute Gasteiger partial charge is 0.495 e. The number of hydrogen-bond donors (Lipinski definition) is 2. The fraction of sp³-hybridized carbons (Fsp3) is 0.333. The molecule has 0 radical (unpaired) electrons. The van der Waals surface area contributed by atoms with Crippen molar-refractivity contribution in [2.75, 3.05) is 7.11 Å². The molecule has 9 heteroatoms. The molecule has 1 aliphatic carbocycles. The van der Waals surface area contributed by atoms with Gasteiger partial charge in [-0.1, -0.05) is 0 Å². The number of thiophene rings is 1. The molecule has 1 saturated carbocycles. The lowest BCUT2D eigenvalue weighted by Crippen LogP contribution is -2.34. The number of hydrogen-bond acceptors (Lipinski definition) is 6. The number of benzene rings is 1. The summed E-state index contributed by atoms with van der Waals surface area (Å²) in [6.07, 6.45) is 1.70. The first-order valence-electron chi connectivity index (χ1n) is 9.69. The maximum Gasteiger partial charge on any atom is 0.272 e. The number of rotatable bonds is 4. The molecule has 1 amide bonds. The molecule has 156 valence electrons. The Morgan fingerprint density at radius 1 is 1.43 bits per heavy atom. The number of carbonyl (C=O) groups is 1. The molecule has 5 rings (SSSR count). The molecule has 0 saturated heterocycles. The number of aromatic nitrogens is 2. The molecule has 30 heavy (non-hydrogen) atoms. The van der Waals surface area contributed by atoms with E-state index in [1.54, 1.807) is 18.4 Å². The number of aliphatic hydroxyl groups is 1. The number of carbonyl (C=O) groups excluding carboxylic acids is 1. The summed E-state index contributed by atoms with van der Waals surface area (Å²) in [4.78, 5) is 13.1. The lowest BCUT2D eigenvalue weighted by atomic mass is 10.0. The molecule has 0 bridgehead atoms. The summed E-state index contributed by atoms with van der Waals surface area (Å²) in [6.45, 7) is 0.243. The third-order valence-electron chi connectivity index (χ3n) is 5.57. The number of ether oxygens (including phenoxy) is 2. The molecule has 3 aromatic rings. The second-order valence-electron chi connectivity index (χ2n) is 7.48. The van der Waals surface area contributed by atoms with Crippen molar-refractivity contribution in [3.63, 3.8) is 0 Å². The van der Waals surface area contributed by atoms with Crippen molar-refractivity contribution in [1.29, 1.82) is 0 Å². The van der Waals surface area contributed by atoms with E-state index in [0.29, 0.717) is 30.0 Å². The van der Waals surface area contributed by atoms with Crippen LogP contribution in [0.2, 0.25) is 0 Å². The molecular weight excluding hydrogens is 470 g/mol. The van der Waals surface area contributed by atoms with E-state index in [9.17, 15) is 9.90 Å². The highest BCUT2D eigenvalue weighted by Crippen LogP contribution is 2.44. The first-order valence-corrected chi connectivity index (χ1v) is 11.4. The SMILES string of the molecule is COc1cc2c(cc1Br)-c1c(c(C(=O)NC3CCC(O)C3)nn1-c1ccsc1)CO2. The van der Waals surface area contributed by atoms with Crippen molar-refractivity contribution < 1.29 is 19.4 Å². The van der Waals surface area contributed by atoms with Gasteiger partial charge in [0.15, 0.2) is 5.69 Å². The van der Waals surface area contributed by atoms with E-state index >= 15 is 0 Å². The van der Waals surface area contributed by atoms with E-state index in [2.05, 4.69) is 26.3 Å². The van der Waals surface area contributed by atoms with Crippen molar-refractivity contribution in [2.45, 2.75) is 38.0 Å². The maximum absolute atomic E-state index is 13.1. The van der Waals surface area contributed by atoms with E-state index in [1.807, 2.05) is 33.6 Å². The van der Waals surface area contributed by atoms with Crippen LogP contribution in [0.25, 0.3) is 16.9 Å². The van der Waals surface area contributed by atoms with Crippen molar-refractivity contribution in [3.8, 4) is 28.4 Å². The lowest BCUT2D eigenvalue weighted by Gasteiger charge is -2.21. The summed E-state index contributed by atoms with van der Waals surface area (Å²) in [5, 5.41) is 21.5. The van der Waals surface area contributed by atoms with Crippen molar-refractivity contribution >= 4 is 33.2 Å². The third kappa shape index (κ3) is 3.30. The third-order valence-corrected chi connectivity index (χ3v) is 6.86. The quantitative estimate of drug-likeness (QED) is 0.580. The van der Waals surface area contributed by atoms with Gasteiger partial charge in [0.2, 0.25) is 0 Å². The summed E-state index contributed by atoms with van der Waals surface area (Å²) < 4.78 is 14.0. The van der Waals surface area contributed by atoms with Crippen molar-refractivity contribution in [3.05, 3.63) is 44.7 Å². The van der Waals surface area contributed by atoms with Gasteiger partial charge in [-0.2, -0.15) is 16.4 Å². The van der Waals surface area contributed by atoms with E-state index in [0.717, 1.165) is 33.4 Å². The zero-order valence-corrected chi connectivity index (χ0v) is 18.6. The minimum absolute atomic E-state index is 0.0374. The van der Waals surface area contributed by atoms with Gasteiger partial charge in [-0.3, -0.25) is 4.79 Å². The van der Waals surface area contributed by atoms with Gasteiger partial charge in [0.1, 0.15) is 18.1 Å². The Morgan fingerprint density at radius 3 is 3.00 bits per heavy atom. The minimum Gasteiger partial charge on any atom is -0.495 e. The molecular formula is C21H20BrN3O4S. The number of fused-ring (bicyclic) bond motifs is 3. The smallest absolute Gasteiger partial charge is 0.272 e. The second-order valence-corrected chi connectivity index (χ2v) is 9.11. The van der Waals surface area contributed by atoms with Gasteiger partial charge in [-0.15, -0.1) is 0 Å². The number of nitrogens with one attached hydrogen (secondary N) is 1. The molecule has 3 heterocycles. The van der Waals surface area contributed by atoms with Crippen LogP contribution in [0.15, 0.2) is 33.4 Å². The monoisotopic (exact) mass is 489 g/mol. The zero-order chi connectivity index (χ0) is 20.8. The van der Waals surface area contributed by atoms with Crippen LogP contribution < -0.4 is 14.8 Å². The summed E-state index contributed by atoms with van der Waals surface area (Å²) in [7, 11) is 1.61. The Balaban J connectivity index is 1.61. The number of amides is 1. The van der Waals surface area contributed by atoms with Crippen LogP contribution in [0.3, 0.4) is 0 Å². The molecule has 1 aliphatic heterocycles. The highest BCUT2D eigenvalue weighted by atomic mass is 79.9. The molecule has 2 atom stereocenters. The normalized spacial score (nSPS) is 19.7. The average Bonchev–Trinajstić information content (AvgIpc) is 3.46. The van der Waals surface area contributed by atoms with Crippen LogP contribution >= 0.6 is 27.3 Å². The maximum atomic E-state index is 13.1. The molecule has 1 aromatic carbocycles. The van der Waals surface area contributed by atoms with Gasteiger partial charge in [-0.25, -0.2) is 4.68 Å². The van der Waals surface area contributed by atoms with E-state index in [4.69, 9.17) is 9.47 Å². The first kappa shape index (κ1) is 19.6. The predicted octanol–water partition coefficient (Wildman–Crippen LogP) is 3.91. The summed E-state index contributed by atoms with van der Waals surface area (Å²) in [6, 6.07) is 5.71. The Labute approximate surface area is 185 Å². The van der Waals surface area contributed by atoms with Crippen LogP contribution in [0.5, 0.6) is 11.5 Å². The van der Waals surface area contributed by atoms with Crippen LogP contribution in [-0.4, -0.2) is 40.0 Å². The van der Waals surface area contributed by atoms with Crippen LogP contribution in [0, 0.1) is 0 Å². The molecule has 2 unspecified atom stereocenters. The highest BCUT2D eigenvalue weighted by molar-refractivity contribution is 9.10. The number of nitrogens with zero attached hydrogens (tertiary/aromatic N) is 2. The number of aliphatic hydroxyl groups excluding tert-OH is 1. The minimum atomic E-state index is -0.352. The van der Waals surface area contributed by atoms with E-state index in [1.165, 1.54) is 0 Å². The summed E-state index contributed by atoms with van der Waals surface area (Å²) in [5.74, 6) is 1.13. The first-order chi connectivity index (χ1) is 14.5.